The molecule has 220 valence electrons. The van der Waals surface area contributed by atoms with E-state index in [4.69, 9.17) is 0 Å². The fraction of sp³-hybridized carbons (Fsp3) is 0.174. The van der Waals surface area contributed by atoms with Gasteiger partial charge in [0.2, 0.25) is 0 Å². The van der Waals surface area contributed by atoms with E-state index in [1.165, 1.54) is 89.3 Å². The van der Waals surface area contributed by atoms with E-state index >= 15 is 0 Å². The zero-order valence-corrected chi connectivity index (χ0v) is 26.7. The molecule has 10 rings (SSSR count). The first-order valence-corrected chi connectivity index (χ1v) is 16.9. The molecule has 0 spiro atoms. The van der Waals surface area contributed by atoms with Gasteiger partial charge in [-0.05, 0) is 112 Å². The minimum atomic E-state index is 0.199. The maximum atomic E-state index is 2.56. The zero-order valence-electron chi connectivity index (χ0n) is 26.7. The van der Waals surface area contributed by atoms with E-state index in [0.717, 1.165) is 0 Å². The van der Waals surface area contributed by atoms with Gasteiger partial charge in [-0.3, -0.25) is 0 Å². The van der Waals surface area contributed by atoms with Crippen LogP contribution in [0, 0.1) is 5.92 Å². The smallest absolute Gasteiger partial charge is 0.00803 e. The number of benzene rings is 8. The average Bonchev–Trinajstić information content (AvgIpc) is 3.09. The Balaban J connectivity index is 1.34. The van der Waals surface area contributed by atoms with Crippen molar-refractivity contribution < 1.29 is 0 Å². The summed E-state index contributed by atoms with van der Waals surface area (Å²) in [7, 11) is 0. The van der Waals surface area contributed by atoms with Crippen LogP contribution in [0.1, 0.15) is 44.7 Å². The van der Waals surface area contributed by atoms with Crippen LogP contribution in [0.2, 0.25) is 0 Å². The Bertz CT molecular complexity index is 2490. The molecular weight excluding hydrogens is 553 g/mol. The van der Waals surface area contributed by atoms with Crippen LogP contribution in [0.25, 0.3) is 76.5 Å². The van der Waals surface area contributed by atoms with Crippen molar-refractivity contribution in [1.82, 2.24) is 0 Å². The molecule has 0 aromatic heterocycles. The summed E-state index contributed by atoms with van der Waals surface area (Å²) in [6, 6.07) is 50.4. The Kier molecular flexibility index (Phi) is 5.19. The average molecular weight is 589 g/mol. The SMILES string of the molecule is CC(C)C12CCC1(C)c1c2c(-c2ccccc2)c2cc(-c3ccc4ccc5cccc6ccc3c4c56)ccc2c1-c1ccccc1. The van der Waals surface area contributed by atoms with E-state index in [1.54, 1.807) is 11.1 Å². The largest absolute Gasteiger partial charge is 0.0622 e. The second kappa shape index (κ2) is 9.08. The molecule has 0 heteroatoms. The van der Waals surface area contributed by atoms with Crippen molar-refractivity contribution in [3.8, 4) is 33.4 Å². The van der Waals surface area contributed by atoms with Crippen molar-refractivity contribution in [2.75, 3.05) is 0 Å². The van der Waals surface area contributed by atoms with Gasteiger partial charge < -0.3 is 0 Å². The Morgan fingerprint density at radius 3 is 1.70 bits per heavy atom. The molecule has 1 saturated carbocycles. The summed E-state index contributed by atoms with van der Waals surface area (Å²) < 4.78 is 0. The van der Waals surface area contributed by atoms with Crippen molar-refractivity contribution >= 4 is 43.1 Å². The summed E-state index contributed by atoms with van der Waals surface area (Å²) in [5, 5.41) is 10.8. The molecule has 0 saturated heterocycles. The highest BCUT2D eigenvalue weighted by Crippen LogP contribution is 2.75. The fourth-order valence-corrected chi connectivity index (χ4v) is 10.1. The van der Waals surface area contributed by atoms with Crippen LogP contribution in [0.3, 0.4) is 0 Å². The van der Waals surface area contributed by atoms with Crippen LogP contribution in [-0.4, -0.2) is 0 Å². The molecule has 0 aliphatic heterocycles. The van der Waals surface area contributed by atoms with Gasteiger partial charge in [0.25, 0.3) is 0 Å². The molecule has 46 heavy (non-hydrogen) atoms. The van der Waals surface area contributed by atoms with Crippen molar-refractivity contribution in [2.45, 2.75) is 44.4 Å². The Morgan fingerprint density at radius 2 is 1.07 bits per heavy atom. The van der Waals surface area contributed by atoms with E-state index in [2.05, 4.69) is 154 Å². The maximum Gasteiger partial charge on any atom is 0.00803 e. The first kappa shape index (κ1) is 26.3. The number of hydrogen-bond acceptors (Lipinski definition) is 0. The monoisotopic (exact) mass is 588 g/mol. The van der Waals surface area contributed by atoms with Gasteiger partial charge >= 0.3 is 0 Å². The highest BCUT2D eigenvalue weighted by atomic mass is 14.7. The molecule has 1 fully saturated rings. The summed E-state index contributed by atoms with van der Waals surface area (Å²) in [6.07, 6.45) is 2.53. The number of rotatable bonds is 4. The van der Waals surface area contributed by atoms with E-state index in [1.807, 2.05) is 0 Å². The minimum Gasteiger partial charge on any atom is -0.0622 e. The lowest BCUT2D eigenvalue weighted by Crippen LogP contribution is -2.67. The van der Waals surface area contributed by atoms with E-state index in [0.29, 0.717) is 5.92 Å². The Morgan fingerprint density at radius 1 is 0.478 bits per heavy atom. The lowest BCUT2D eigenvalue weighted by Gasteiger charge is -2.71. The van der Waals surface area contributed by atoms with Gasteiger partial charge in [-0.15, -0.1) is 0 Å². The standard InChI is InChI=1S/C46H36/c1-28(2)46-26-25-45(46,3)43-41(29-11-6-4-7-12-29)37-24-21-34(27-38(37)42(44(43)46)30-13-8-5-9-14-30)35-22-19-33-18-17-31-15-10-16-32-20-23-36(35)40(33)39(31)32/h4-24,27-28H,25-26H2,1-3H3. The van der Waals surface area contributed by atoms with Gasteiger partial charge in [0, 0.05) is 10.8 Å². The third-order valence-electron chi connectivity index (χ3n) is 12.3. The molecule has 2 aliphatic rings. The molecule has 0 heterocycles. The van der Waals surface area contributed by atoms with Gasteiger partial charge in [-0.2, -0.15) is 0 Å². The van der Waals surface area contributed by atoms with Crippen molar-refractivity contribution in [2.24, 2.45) is 5.92 Å². The highest BCUT2D eigenvalue weighted by Gasteiger charge is 2.69. The Hall–Kier alpha value is -4.94. The molecule has 0 nitrogen and oxygen atoms in total. The first-order valence-electron chi connectivity index (χ1n) is 16.9. The van der Waals surface area contributed by atoms with Gasteiger partial charge in [0.1, 0.15) is 0 Å². The van der Waals surface area contributed by atoms with E-state index in [9.17, 15) is 0 Å². The third kappa shape index (κ3) is 3.10. The van der Waals surface area contributed by atoms with Gasteiger partial charge in [-0.1, -0.05) is 148 Å². The fourth-order valence-electron chi connectivity index (χ4n) is 10.1. The zero-order chi connectivity index (χ0) is 30.8. The molecule has 2 unspecified atom stereocenters. The van der Waals surface area contributed by atoms with Crippen molar-refractivity contribution in [1.29, 1.82) is 0 Å². The van der Waals surface area contributed by atoms with Crippen LogP contribution in [0.5, 0.6) is 0 Å². The molecule has 2 aliphatic carbocycles. The molecule has 2 atom stereocenters. The van der Waals surface area contributed by atoms with Crippen LogP contribution >= 0.6 is 0 Å². The highest BCUT2D eigenvalue weighted by molar-refractivity contribution is 6.25. The molecule has 0 N–H and O–H groups in total. The van der Waals surface area contributed by atoms with Crippen molar-refractivity contribution in [3.05, 3.63) is 145 Å². The second-order valence-electron chi connectivity index (χ2n) is 14.4. The lowest BCUT2D eigenvalue weighted by atomic mass is 9.32. The van der Waals surface area contributed by atoms with Crippen LogP contribution in [0.15, 0.2) is 133 Å². The second-order valence-corrected chi connectivity index (χ2v) is 14.4. The van der Waals surface area contributed by atoms with Crippen LogP contribution < -0.4 is 0 Å². The molecule has 0 radical (unpaired) electrons. The molecule has 8 aromatic rings. The topological polar surface area (TPSA) is 0 Å². The van der Waals surface area contributed by atoms with Gasteiger partial charge in [-0.25, -0.2) is 0 Å². The minimum absolute atomic E-state index is 0.199. The predicted octanol–water partition coefficient (Wildman–Crippen LogP) is 12.7. The van der Waals surface area contributed by atoms with Gasteiger partial charge in [0.15, 0.2) is 0 Å². The quantitative estimate of drug-likeness (QED) is 0.179. The van der Waals surface area contributed by atoms with Crippen LogP contribution in [0.4, 0.5) is 0 Å². The number of hydrogen-bond donors (Lipinski definition) is 0. The summed E-state index contributed by atoms with van der Waals surface area (Å²) in [5.41, 5.74) is 11.8. The molecule has 0 bridgehead atoms. The summed E-state index contributed by atoms with van der Waals surface area (Å²) in [5.74, 6) is 0.572. The van der Waals surface area contributed by atoms with Crippen molar-refractivity contribution in [3.63, 3.8) is 0 Å². The number of fused-ring (bicyclic) bond motifs is 5. The van der Waals surface area contributed by atoms with E-state index < -0.39 is 0 Å². The van der Waals surface area contributed by atoms with E-state index in [-0.39, 0.29) is 10.8 Å². The summed E-state index contributed by atoms with van der Waals surface area (Å²) in [6.45, 7) is 7.48. The maximum absolute atomic E-state index is 2.56. The molecule has 0 amide bonds. The summed E-state index contributed by atoms with van der Waals surface area (Å²) >= 11 is 0. The summed E-state index contributed by atoms with van der Waals surface area (Å²) in [4.78, 5) is 0. The molecule has 8 aromatic carbocycles. The van der Waals surface area contributed by atoms with Gasteiger partial charge in [0.05, 0.1) is 0 Å². The normalized spacial score (nSPS) is 20.3. The molecular formula is C46H36. The first-order chi connectivity index (χ1) is 22.5. The lowest BCUT2D eigenvalue weighted by molar-refractivity contribution is 0.00168. The third-order valence-corrected chi connectivity index (χ3v) is 12.3. The predicted molar refractivity (Wildman–Crippen MR) is 197 cm³/mol. The van der Waals surface area contributed by atoms with Crippen LogP contribution in [-0.2, 0) is 10.8 Å². The Labute approximate surface area is 270 Å².